The van der Waals surface area contributed by atoms with Crippen molar-refractivity contribution in [3.8, 4) is 5.75 Å². The minimum Gasteiger partial charge on any atom is -0.497 e. The van der Waals surface area contributed by atoms with Crippen molar-refractivity contribution < 1.29 is 14.3 Å². The maximum atomic E-state index is 12.2. The molecular weight excluding hydrogens is 478 g/mol. The molecular formula is C27H28ClN5O3. The molecule has 1 amide bonds. The number of amides is 1. The van der Waals surface area contributed by atoms with Gasteiger partial charge in [0, 0.05) is 26.3 Å². The SMILES string of the molecule is COCCNC(=O)Cc1cccc(CNc2nc3ccccc3nc2Nc2cc(OC)ccc2Cl)c1. The fourth-order valence-electron chi connectivity index (χ4n) is 3.64. The third-order valence-electron chi connectivity index (χ3n) is 5.44. The van der Waals surface area contributed by atoms with Gasteiger partial charge in [0.05, 0.1) is 41.9 Å². The lowest BCUT2D eigenvalue weighted by molar-refractivity contribution is -0.120. The maximum Gasteiger partial charge on any atom is 0.224 e. The van der Waals surface area contributed by atoms with E-state index in [0.717, 1.165) is 22.2 Å². The van der Waals surface area contributed by atoms with E-state index >= 15 is 0 Å². The molecule has 4 rings (SSSR count). The van der Waals surface area contributed by atoms with Crippen molar-refractivity contribution in [1.82, 2.24) is 15.3 Å². The predicted molar refractivity (Wildman–Crippen MR) is 143 cm³/mol. The zero-order chi connectivity index (χ0) is 25.3. The molecule has 0 aliphatic heterocycles. The molecule has 186 valence electrons. The molecule has 1 heterocycles. The van der Waals surface area contributed by atoms with E-state index in [9.17, 15) is 4.79 Å². The number of halogens is 1. The minimum absolute atomic E-state index is 0.0424. The second-order valence-corrected chi connectivity index (χ2v) is 8.48. The number of aromatic nitrogens is 2. The molecule has 0 bridgehead atoms. The van der Waals surface area contributed by atoms with Crippen molar-refractivity contribution in [1.29, 1.82) is 0 Å². The Kier molecular flexibility index (Phi) is 8.54. The highest BCUT2D eigenvalue weighted by Gasteiger charge is 2.12. The highest BCUT2D eigenvalue weighted by molar-refractivity contribution is 6.33. The number of carbonyl (C=O) groups is 1. The van der Waals surface area contributed by atoms with E-state index in [-0.39, 0.29) is 5.91 Å². The van der Waals surface area contributed by atoms with Crippen LogP contribution >= 0.6 is 11.6 Å². The molecule has 3 aromatic carbocycles. The Labute approximate surface area is 215 Å². The topological polar surface area (TPSA) is 97.4 Å². The molecule has 0 aliphatic carbocycles. The Morgan fingerprint density at radius 3 is 2.42 bits per heavy atom. The van der Waals surface area contributed by atoms with Gasteiger partial charge in [-0.1, -0.05) is 48.0 Å². The van der Waals surface area contributed by atoms with Gasteiger partial charge in [0.1, 0.15) is 5.75 Å². The quantitative estimate of drug-likeness (QED) is 0.248. The number of rotatable bonds is 11. The molecule has 0 unspecified atom stereocenters. The van der Waals surface area contributed by atoms with Crippen molar-refractivity contribution in [2.45, 2.75) is 13.0 Å². The highest BCUT2D eigenvalue weighted by atomic mass is 35.5. The third kappa shape index (κ3) is 6.62. The van der Waals surface area contributed by atoms with Gasteiger partial charge < -0.3 is 25.4 Å². The summed E-state index contributed by atoms with van der Waals surface area (Å²) in [5, 5.41) is 10.1. The fourth-order valence-corrected chi connectivity index (χ4v) is 3.81. The van der Waals surface area contributed by atoms with Crippen LogP contribution in [0.1, 0.15) is 11.1 Å². The number of carbonyl (C=O) groups excluding carboxylic acids is 1. The van der Waals surface area contributed by atoms with E-state index in [2.05, 4.69) is 16.0 Å². The zero-order valence-electron chi connectivity index (χ0n) is 20.2. The van der Waals surface area contributed by atoms with Crippen molar-refractivity contribution in [3.05, 3.63) is 82.9 Å². The van der Waals surface area contributed by atoms with Crippen molar-refractivity contribution in [2.75, 3.05) is 38.0 Å². The summed E-state index contributed by atoms with van der Waals surface area (Å²) >= 11 is 6.42. The number of benzene rings is 3. The standard InChI is InChI=1S/C27H28ClN5O3/c1-35-13-12-29-25(34)15-18-6-5-7-19(14-18)17-30-26-27(32-23-9-4-3-8-22(23)31-26)33-24-16-20(36-2)10-11-21(24)28/h3-11,14,16H,12-13,15,17H2,1-2H3,(H,29,34)(H,30,31)(H,32,33). The largest absolute Gasteiger partial charge is 0.497 e. The summed E-state index contributed by atoms with van der Waals surface area (Å²) in [6.07, 6.45) is 0.300. The summed E-state index contributed by atoms with van der Waals surface area (Å²) in [7, 11) is 3.21. The maximum absolute atomic E-state index is 12.2. The van der Waals surface area contributed by atoms with E-state index in [0.29, 0.717) is 54.2 Å². The van der Waals surface area contributed by atoms with Crippen LogP contribution < -0.4 is 20.7 Å². The number of hydrogen-bond donors (Lipinski definition) is 3. The smallest absolute Gasteiger partial charge is 0.224 e. The molecule has 1 aromatic heterocycles. The van der Waals surface area contributed by atoms with Gasteiger partial charge in [0.15, 0.2) is 11.6 Å². The lowest BCUT2D eigenvalue weighted by Crippen LogP contribution is -2.28. The average Bonchev–Trinajstić information content (AvgIpc) is 2.89. The van der Waals surface area contributed by atoms with Gasteiger partial charge >= 0.3 is 0 Å². The van der Waals surface area contributed by atoms with Gasteiger partial charge in [-0.3, -0.25) is 4.79 Å². The van der Waals surface area contributed by atoms with Crippen LogP contribution in [0.2, 0.25) is 5.02 Å². The molecule has 4 aromatic rings. The number of nitrogens with one attached hydrogen (secondary N) is 3. The Bertz CT molecular complexity index is 1350. The summed E-state index contributed by atoms with van der Waals surface area (Å²) in [6.45, 7) is 1.47. The molecule has 0 atom stereocenters. The van der Waals surface area contributed by atoms with Crippen molar-refractivity contribution >= 4 is 45.9 Å². The lowest BCUT2D eigenvalue weighted by Gasteiger charge is -2.15. The monoisotopic (exact) mass is 505 g/mol. The molecule has 0 fully saturated rings. The van der Waals surface area contributed by atoms with Crippen LogP contribution in [0.15, 0.2) is 66.7 Å². The van der Waals surface area contributed by atoms with Crippen LogP contribution in [0.25, 0.3) is 11.0 Å². The first kappa shape index (κ1) is 25.2. The second-order valence-electron chi connectivity index (χ2n) is 8.07. The highest BCUT2D eigenvalue weighted by Crippen LogP contribution is 2.32. The predicted octanol–water partition coefficient (Wildman–Crippen LogP) is 4.95. The van der Waals surface area contributed by atoms with Crippen molar-refractivity contribution in [2.24, 2.45) is 0 Å². The van der Waals surface area contributed by atoms with Crippen LogP contribution in [0.4, 0.5) is 17.3 Å². The van der Waals surface area contributed by atoms with Gasteiger partial charge in [-0.05, 0) is 35.4 Å². The van der Waals surface area contributed by atoms with E-state index in [4.69, 9.17) is 31.0 Å². The summed E-state index contributed by atoms with van der Waals surface area (Å²) in [6, 6.07) is 20.9. The minimum atomic E-state index is -0.0424. The van der Waals surface area contributed by atoms with Crippen LogP contribution in [-0.4, -0.2) is 43.2 Å². The Balaban J connectivity index is 1.54. The molecule has 0 saturated heterocycles. The zero-order valence-corrected chi connectivity index (χ0v) is 20.9. The Morgan fingerprint density at radius 1 is 0.917 bits per heavy atom. The number of hydrogen-bond acceptors (Lipinski definition) is 7. The number of para-hydroxylation sites is 2. The van der Waals surface area contributed by atoms with E-state index in [1.54, 1.807) is 26.4 Å². The average molecular weight is 506 g/mol. The fraction of sp³-hybridized carbons (Fsp3) is 0.222. The first-order valence-electron chi connectivity index (χ1n) is 11.5. The van der Waals surface area contributed by atoms with E-state index in [1.165, 1.54) is 0 Å². The van der Waals surface area contributed by atoms with Crippen molar-refractivity contribution in [3.63, 3.8) is 0 Å². The number of nitrogens with zero attached hydrogens (tertiary/aromatic N) is 2. The summed E-state index contributed by atoms with van der Waals surface area (Å²) in [5.74, 6) is 1.75. The summed E-state index contributed by atoms with van der Waals surface area (Å²) in [4.78, 5) is 21.7. The van der Waals surface area contributed by atoms with Crippen LogP contribution in [0.3, 0.4) is 0 Å². The van der Waals surface area contributed by atoms with Gasteiger partial charge in [0.2, 0.25) is 5.91 Å². The molecule has 36 heavy (non-hydrogen) atoms. The molecule has 8 nitrogen and oxygen atoms in total. The number of fused-ring (bicyclic) bond motifs is 1. The molecule has 9 heteroatoms. The van der Waals surface area contributed by atoms with Gasteiger partial charge in [-0.25, -0.2) is 9.97 Å². The summed E-state index contributed by atoms with van der Waals surface area (Å²) < 4.78 is 10.3. The molecule has 0 radical (unpaired) electrons. The lowest BCUT2D eigenvalue weighted by atomic mass is 10.1. The van der Waals surface area contributed by atoms with Gasteiger partial charge in [0.25, 0.3) is 0 Å². The Hall–Kier alpha value is -3.88. The van der Waals surface area contributed by atoms with E-state index in [1.807, 2.05) is 54.6 Å². The molecule has 3 N–H and O–H groups in total. The van der Waals surface area contributed by atoms with E-state index < -0.39 is 0 Å². The number of anilines is 3. The van der Waals surface area contributed by atoms with Gasteiger partial charge in [-0.15, -0.1) is 0 Å². The Morgan fingerprint density at radius 2 is 1.67 bits per heavy atom. The second kappa shape index (κ2) is 12.2. The molecule has 0 saturated carbocycles. The first-order chi connectivity index (χ1) is 17.6. The molecule has 0 spiro atoms. The van der Waals surface area contributed by atoms with Crippen LogP contribution in [-0.2, 0) is 22.5 Å². The third-order valence-corrected chi connectivity index (χ3v) is 5.77. The first-order valence-corrected chi connectivity index (χ1v) is 11.9. The summed E-state index contributed by atoms with van der Waals surface area (Å²) in [5.41, 5.74) is 4.12. The normalized spacial score (nSPS) is 10.8. The number of methoxy groups -OCH3 is 2. The molecule has 0 aliphatic rings. The van der Waals surface area contributed by atoms with Crippen LogP contribution in [0.5, 0.6) is 5.75 Å². The van der Waals surface area contributed by atoms with Gasteiger partial charge in [-0.2, -0.15) is 0 Å². The number of ether oxygens (including phenoxy) is 2. The van der Waals surface area contributed by atoms with Crippen LogP contribution in [0, 0.1) is 0 Å².